The smallest absolute Gasteiger partial charge is 0.328 e. The van der Waals surface area contributed by atoms with E-state index in [0.717, 1.165) is 11.6 Å². The number of aliphatic carboxylic acids is 1. The fourth-order valence-corrected chi connectivity index (χ4v) is 2.55. The van der Waals surface area contributed by atoms with Gasteiger partial charge in [0.2, 0.25) is 0 Å². The van der Waals surface area contributed by atoms with Crippen LogP contribution in [-0.4, -0.2) is 35.1 Å². The van der Waals surface area contributed by atoms with Crippen molar-refractivity contribution in [3.05, 3.63) is 51.4 Å². The lowest BCUT2D eigenvalue weighted by atomic mass is 9.98. The fourth-order valence-electron chi connectivity index (χ4n) is 2.36. The predicted molar refractivity (Wildman–Crippen MR) is 76.6 cm³/mol. The van der Waals surface area contributed by atoms with E-state index < -0.39 is 12.0 Å². The number of carbonyl (C=O) groups is 1. The van der Waals surface area contributed by atoms with Gasteiger partial charge in [-0.1, -0.05) is 35.0 Å². The van der Waals surface area contributed by atoms with Crippen LogP contribution in [0.4, 0.5) is 0 Å². The van der Waals surface area contributed by atoms with Gasteiger partial charge < -0.3 is 5.11 Å². The molecule has 5 nitrogen and oxygen atoms in total. The standard InChI is InChI=1S/C14H15ClN2O3/c15-12-4-2-1-3-10(12)8-17-6-5-13(16-20)11(9-17)7-14(18)19/h1-4,7,13H,5-6,8-9H2,(H,18,19)/b11-7+. The SMILES string of the molecule is O=NC1CCN(Cc2ccccc2Cl)C/C1=C\C(=O)O. The molecule has 6 heteroatoms. The van der Waals surface area contributed by atoms with E-state index in [4.69, 9.17) is 16.7 Å². The number of hydrogen-bond acceptors (Lipinski definition) is 4. The Hall–Kier alpha value is -1.72. The van der Waals surface area contributed by atoms with Gasteiger partial charge in [-0.05, 0) is 23.6 Å². The third-order valence-corrected chi connectivity index (χ3v) is 3.71. The van der Waals surface area contributed by atoms with Crippen LogP contribution in [0.15, 0.2) is 41.1 Å². The minimum Gasteiger partial charge on any atom is -0.478 e. The molecule has 1 heterocycles. The lowest BCUT2D eigenvalue weighted by Gasteiger charge is -2.31. The van der Waals surface area contributed by atoms with E-state index in [-0.39, 0.29) is 0 Å². The summed E-state index contributed by atoms with van der Waals surface area (Å²) < 4.78 is 0. The summed E-state index contributed by atoms with van der Waals surface area (Å²) in [6.45, 7) is 1.74. The molecule has 0 aliphatic carbocycles. The first kappa shape index (κ1) is 14.7. The van der Waals surface area contributed by atoms with Crippen molar-refractivity contribution in [1.82, 2.24) is 4.90 Å². The quantitative estimate of drug-likeness (QED) is 0.684. The van der Waals surface area contributed by atoms with Crippen molar-refractivity contribution in [1.29, 1.82) is 0 Å². The molecule has 1 aliphatic heterocycles. The maximum Gasteiger partial charge on any atom is 0.328 e. The van der Waals surface area contributed by atoms with Crippen molar-refractivity contribution in [2.75, 3.05) is 13.1 Å². The van der Waals surface area contributed by atoms with Crippen LogP contribution < -0.4 is 0 Å². The van der Waals surface area contributed by atoms with E-state index >= 15 is 0 Å². The van der Waals surface area contributed by atoms with Crippen LogP contribution in [0.2, 0.25) is 5.02 Å². The van der Waals surface area contributed by atoms with Crippen LogP contribution in [0.3, 0.4) is 0 Å². The zero-order valence-electron chi connectivity index (χ0n) is 10.8. The number of rotatable bonds is 4. The number of hydrogen-bond donors (Lipinski definition) is 1. The molecule has 0 aromatic heterocycles. The topological polar surface area (TPSA) is 70.0 Å². The number of nitrogens with zero attached hydrogens (tertiary/aromatic N) is 2. The van der Waals surface area contributed by atoms with Crippen molar-refractivity contribution in [3.63, 3.8) is 0 Å². The average Bonchev–Trinajstić information content (AvgIpc) is 2.41. The van der Waals surface area contributed by atoms with E-state index in [1.165, 1.54) is 0 Å². The number of likely N-dealkylation sites (tertiary alicyclic amines) is 1. The summed E-state index contributed by atoms with van der Waals surface area (Å²) in [4.78, 5) is 23.6. The van der Waals surface area contributed by atoms with E-state index in [9.17, 15) is 9.70 Å². The second-order valence-electron chi connectivity index (χ2n) is 4.77. The van der Waals surface area contributed by atoms with E-state index in [0.29, 0.717) is 36.7 Å². The molecule has 1 aliphatic rings. The first-order chi connectivity index (χ1) is 9.60. The number of carboxylic acid groups (broad SMARTS) is 1. The van der Waals surface area contributed by atoms with Crippen LogP contribution in [0, 0.1) is 4.91 Å². The zero-order chi connectivity index (χ0) is 14.5. The second kappa shape index (κ2) is 6.63. The van der Waals surface area contributed by atoms with Crippen LogP contribution >= 0.6 is 11.6 Å². The molecule has 1 fully saturated rings. The first-order valence-electron chi connectivity index (χ1n) is 6.31. The Morgan fingerprint density at radius 1 is 1.50 bits per heavy atom. The van der Waals surface area contributed by atoms with Crippen LogP contribution in [0.25, 0.3) is 0 Å². The molecule has 0 saturated carbocycles. The maximum atomic E-state index is 10.8. The van der Waals surface area contributed by atoms with Crippen LogP contribution in [0.1, 0.15) is 12.0 Å². The van der Waals surface area contributed by atoms with E-state index in [1.54, 1.807) is 0 Å². The molecule has 1 saturated heterocycles. The molecule has 0 radical (unpaired) electrons. The van der Waals surface area contributed by atoms with Gasteiger partial charge >= 0.3 is 5.97 Å². The van der Waals surface area contributed by atoms with Gasteiger partial charge in [0.25, 0.3) is 0 Å². The van der Waals surface area contributed by atoms with Crippen molar-refractivity contribution in [2.45, 2.75) is 19.0 Å². The molecule has 0 bridgehead atoms. The highest BCUT2D eigenvalue weighted by atomic mass is 35.5. The van der Waals surface area contributed by atoms with Crippen molar-refractivity contribution >= 4 is 17.6 Å². The van der Waals surface area contributed by atoms with E-state index in [2.05, 4.69) is 10.1 Å². The molecule has 1 aromatic carbocycles. The average molecular weight is 295 g/mol. The first-order valence-corrected chi connectivity index (χ1v) is 6.69. The van der Waals surface area contributed by atoms with Gasteiger partial charge in [0, 0.05) is 30.7 Å². The molecule has 1 N–H and O–H groups in total. The summed E-state index contributed by atoms with van der Waals surface area (Å²) in [5.41, 5.74) is 1.53. The minimum absolute atomic E-state index is 0.425. The summed E-state index contributed by atoms with van der Waals surface area (Å²) in [6.07, 6.45) is 1.62. The number of nitroso groups, excluding NO2 is 1. The molecule has 1 unspecified atom stereocenters. The van der Waals surface area contributed by atoms with Gasteiger partial charge in [0.1, 0.15) is 6.04 Å². The Labute approximate surface area is 121 Å². The molecular formula is C14H15ClN2O3. The molecular weight excluding hydrogens is 280 g/mol. The highest BCUT2D eigenvalue weighted by Crippen LogP contribution is 2.23. The summed E-state index contributed by atoms with van der Waals surface area (Å²) in [7, 11) is 0. The van der Waals surface area contributed by atoms with Crippen molar-refractivity contribution in [2.24, 2.45) is 5.18 Å². The Bertz CT molecular complexity index is 545. The Morgan fingerprint density at radius 2 is 2.25 bits per heavy atom. The third kappa shape index (κ3) is 3.65. The summed E-state index contributed by atoms with van der Waals surface area (Å²) in [5.74, 6) is -1.05. The predicted octanol–water partition coefficient (Wildman–Crippen LogP) is 2.69. The minimum atomic E-state index is -1.05. The van der Waals surface area contributed by atoms with Crippen molar-refractivity contribution < 1.29 is 9.90 Å². The molecule has 20 heavy (non-hydrogen) atoms. The Balaban J connectivity index is 2.10. The fraction of sp³-hybridized carbons (Fsp3) is 0.357. The van der Waals surface area contributed by atoms with Crippen LogP contribution in [-0.2, 0) is 11.3 Å². The highest BCUT2D eigenvalue weighted by Gasteiger charge is 2.25. The molecule has 0 amide bonds. The third-order valence-electron chi connectivity index (χ3n) is 3.34. The molecule has 2 rings (SSSR count). The molecule has 106 valence electrons. The van der Waals surface area contributed by atoms with Gasteiger partial charge in [-0.25, -0.2) is 4.79 Å². The zero-order valence-corrected chi connectivity index (χ0v) is 11.6. The molecule has 1 aromatic rings. The van der Waals surface area contributed by atoms with Gasteiger partial charge in [-0.3, -0.25) is 4.90 Å². The molecule has 0 spiro atoms. The Kier molecular flexibility index (Phi) is 4.87. The highest BCUT2D eigenvalue weighted by molar-refractivity contribution is 6.31. The number of carboxylic acids is 1. The maximum absolute atomic E-state index is 10.8. The van der Waals surface area contributed by atoms with Gasteiger partial charge in [-0.2, -0.15) is 4.91 Å². The van der Waals surface area contributed by atoms with Gasteiger partial charge in [0.15, 0.2) is 0 Å². The largest absolute Gasteiger partial charge is 0.478 e. The monoisotopic (exact) mass is 294 g/mol. The van der Waals surface area contributed by atoms with Gasteiger partial charge in [0.05, 0.1) is 0 Å². The summed E-state index contributed by atoms with van der Waals surface area (Å²) in [6, 6.07) is 7.00. The van der Waals surface area contributed by atoms with Gasteiger partial charge in [-0.15, -0.1) is 0 Å². The summed E-state index contributed by atoms with van der Waals surface area (Å²) >= 11 is 6.12. The Morgan fingerprint density at radius 3 is 2.90 bits per heavy atom. The lowest BCUT2D eigenvalue weighted by molar-refractivity contribution is -0.131. The van der Waals surface area contributed by atoms with Crippen molar-refractivity contribution in [3.8, 4) is 0 Å². The number of benzene rings is 1. The lowest BCUT2D eigenvalue weighted by Crippen LogP contribution is -2.37. The van der Waals surface area contributed by atoms with E-state index in [1.807, 2.05) is 24.3 Å². The van der Waals surface area contributed by atoms with Crippen LogP contribution in [0.5, 0.6) is 0 Å². The normalized spacial score (nSPS) is 21.9. The second-order valence-corrected chi connectivity index (χ2v) is 5.18. The summed E-state index contributed by atoms with van der Waals surface area (Å²) in [5, 5.41) is 12.5. The number of halogens is 1. The molecule has 1 atom stereocenters. The number of piperidine rings is 1.